The van der Waals surface area contributed by atoms with Crippen LogP contribution in [0.5, 0.6) is 0 Å². The van der Waals surface area contributed by atoms with Crippen molar-refractivity contribution < 1.29 is 9.00 Å². The summed E-state index contributed by atoms with van der Waals surface area (Å²) < 4.78 is 10.9. The lowest BCUT2D eigenvalue weighted by atomic mass is 10.0. The third-order valence-electron chi connectivity index (χ3n) is 1.85. The van der Waals surface area contributed by atoms with E-state index in [1.807, 2.05) is 13.8 Å². The molecule has 14 heavy (non-hydrogen) atoms. The Bertz CT molecular complexity index is 357. The highest BCUT2D eigenvalue weighted by Gasteiger charge is 2.10. The van der Waals surface area contributed by atoms with E-state index in [2.05, 4.69) is 0 Å². The molecule has 0 saturated heterocycles. The maximum atomic E-state index is 11.5. The van der Waals surface area contributed by atoms with Crippen molar-refractivity contribution in [2.24, 2.45) is 5.92 Å². The zero-order valence-corrected chi connectivity index (χ0v) is 9.56. The lowest BCUT2D eigenvalue weighted by Crippen LogP contribution is -2.07. The normalized spacial score (nSPS) is 12.9. The van der Waals surface area contributed by atoms with E-state index >= 15 is 0 Å². The van der Waals surface area contributed by atoms with Gasteiger partial charge in [0.1, 0.15) is 10.0 Å². The number of carbonyl (C=O) groups excluding carboxylic acids is 1. The number of ketones is 1. The van der Waals surface area contributed by atoms with Gasteiger partial charge in [0.25, 0.3) is 0 Å². The number of hydrogen-bond acceptors (Lipinski definition) is 2. The van der Waals surface area contributed by atoms with Gasteiger partial charge in [-0.25, -0.2) is 4.21 Å². The maximum absolute atomic E-state index is 11.5. The summed E-state index contributed by atoms with van der Waals surface area (Å²) >= 11 is 0. The second kappa shape index (κ2) is 4.71. The Kier molecular flexibility index (Phi) is 3.84. The van der Waals surface area contributed by atoms with Crippen molar-refractivity contribution in [2.75, 3.05) is 0 Å². The molecule has 4 heteroatoms. The summed E-state index contributed by atoms with van der Waals surface area (Å²) in [5, 5.41) is 0. The summed E-state index contributed by atoms with van der Waals surface area (Å²) in [6, 6.07) is 6.52. The Morgan fingerprint density at radius 3 is 2.14 bits per heavy atom. The quantitative estimate of drug-likeness (QED) is 0.591. The van der Waals surface area contributed by atoms with Crippen LogP contribution in [0.2, 0.25) is 0 Å². The van der Waals surface area contributed by atoms with Crippen molar-refractivity contribution in [3.63, 3.8) is 0 Å². The smallest absolute Gasteiger partial charge is 0.165 e. The van der Waals surface area contributed by atoms with Crippen molar-refractivity contribution in [2.45, 2.75) is 18.7 Å². The molecule has 1 unspecified atom stereocenters. The predicted molar refractivity (Wildman–Crippen MR) is 57.9 cm³/mol. The first-order chi connectivity index (χ1) is 6.52. The van der Waals surface area contributed by atoms with Gasteiger partial charge in [-0.3, -0.25) is 4.79 Å². The second-order valence-corrected chi connectivity index (χ2v) is 5.03. The predicted octanol–water partition coefficient (Wildman–Crippen LogP) is 2.79. The van der Waals surface area contributed by atoms with Crippen molar-refractivity contribution in [3.05, 3.63) is 29.8 Å². The summed E-state index contributed by atoms with van der Waals surface area (Å²) in [6.45, 7) is 3.69. The van der Waals surface area contributed by atoms with Crippen LogP contribution >= 0.6 is 10.7 Å². The zero-order valence-electron chi connectivity index (χ0n) is 7.99. The third-order valence-corrected chi connectivity index (χ3v) is 3.03. The molecule has 0 amide bonds. The first-order valence-corrected chi connectivity index (χ1v) is 6.22. The molecule has 0 aromatic heterocycles. The molecule has 0 aliphatic carbocycles. The number of hydrogen-bond donors (Lipinski definition) is 0. The van der Waals surface area contributed by atoms with Gasteiger partial charge < -0.3 is 0 Å². The summed E-state index contributed by atoms with van der Waals surface area (Å²) in [5.41, 5.74) is 0.630. The van der Waals surface area contributed by atoms with Gasteiger partial charge in [0.15, 0.2) is 5.78 Å². The molecule has 1 aromatic rings. The second-order valence-electron chi connectivity index (χ2n) is 3.27. The van der Waals surface area contributed by atoms with Gasteiger partial charge in [-0.05, 0) is 22.8 Å². The van der Waals surface area contributed by atoms with Crippen LogP contribution < -0.4 is 0 Å². The topological polar surface area (TPSA) is 34.1 Å². The molecular formula is C10H11ClO2S. The van der Waals surface area contributed by atoms with Gasteiger partial charge in [-0.1, -0.05) is 26.0 Å². The number of Topliss-reactive ketones (excluding diaryl/α,β-unsaturated/α-hetero) is 1. The fraction of sp³-hybridized carbons (Fsp3) is 0.300. The van der Waals surface area contributed by atoms with E-state index in [1.54, 1.807) is 24.3 Å². The molecule has 1 rings (SSSR count). The average molecular weight is 231 g/mol. The van der Waals surface area contributed by atoms with Crippen LogP contribution in [0.3, 0.4) is 0 Å². The first kappa shape index (κ1) is 11.4. The van der Waals surface area contributed by atoms with Crippen LogP contribution in [0.25, 0.3) is 0 Å². The van der Waals surface area contributed by atoms with E-state index < -0.39 is 10.0 Å². The summed E-state index contributed by atoms with van der Waals surface area (Å²) in [4.78, 5) is 12.0. The van der Waals surface area contributed by atoms with Crippen LogP contribution in [0, 0.1) is 5.92 Å². The highest BCUT2D eigenvalue weighted by molar-refractivity contribution is 8.08. The number of halogens is 1. The summed E-state index contributed by atoms with van der Waals surface area (Å²) in [6.07, 6.45) is 0. The van der Waals surface area contributed by atoms with Crippen LogP contribution in [-0.2, 0) is 10.0 Å². The van der Waals surface area contributed by atoms with Crippen LogP contribution in [0.15, 0.2) is 29.2 Å². The maximum Gasteiger partial charge on any atom is 0.165 e. The molecule has 1 aromatic carbocycles. The van der Waals surface area contributed by atoms with Crippen molar-refractivity contribution in [1.82, 2.24) is 0 Å². The molecule has 0 aliphatic heterocycles. The Hall–Kier alpha value is -0.670. The van der Waals surface area contributed by atoms with Gasteiger partial charge in [0.05, 0.1) is 4.90 Å². The van der Waals surface area contributed by atoms with Crippen LogP contribution in [0.1, 0.15) is 24.2 Å². The largest absolute Gasteiger partial charge is 0.294 e. The van der Waals surface area contributed by atoms with E-state index in [-0.39, 0.29) is 11.7 Å². The minimum Gasteiger partial charge on any atom is -0.294 e. The highest BCUT2D eigenvalue weighted by Crippen LogP contribution is 2.14. The molecule has 0 fully saturated rings. The van der Waals surface area contributed by atoms with Crippen molar-refractivity contribution >= 4 is 26.5 Å². The van der Waals surface area contributed by atoms with Gasteiger partial charge in [-0.2, -0.15) is 0 Å². The van der Waals surface area contributed by atoms with Gasteiger partial charge in [0, 0.05) is 11.5 Å². The molecule has 0 heterocycles. The fourth-order valence-electron chi connectivity index (χ4n) is 1.06. The molecule has 76 valence electrons. The molecule has 0 N–H and O–H groups in total. The monoisotopic (exact) mass is 230 g/mol. The fourth-order valence-corrected chi connectivity index (χ4v) is 1.72. The van der Waals surface area contributed by atoms with Crippen molar-refractivity contribution in [1.29, 1.82) is 0 Å². The first-order valence-electron chi connectivity index (χ1n) is 4.24. The third kappa shape index (κ3) is 2.66. The SMILES string of the molecule is CC(C)C(=O)c1ccc(S(=O)Cl)cc1. The Labute approximate surface area is 90.2 Å². The van der Waals surface area contributed by atoms with Gasteiger partial charge in [0.2, 0.25) is 0 Å². The van der Waals surface area contributed by atoms with Crippen LogP contribution in [-0.4, -0.2) is 9.99 Å². The minimum absolute atomic E-state index is 0.0256. The molecule has 0 radical (unpaired) electrons. The van der Waals surface area contributed by atoms with Crippen molar-refractivity contribution in [3.8, 4) is 0 Å². The average Bonchev–Trinajstić information content (AvgIpc) is 2.16. The van der Waals surface area contributed by atoms with E-state index in [9.17, 15) is 9.00 Å². The molecule has 0 spiro atoms. The van der Waals surface area contributed by atoms with Gasteiger partial charge >= 0.3 is 0 Å². The summed E-state index contributed by atoms with van der Waals surface area (Å²) in [7, 11) is 3.88. The molecule has 0 saturated carbocycles. The Morgan fingerprint density at radius 2 is 1.79 bits per heavy atom. The van der Waals surface area contributed by atoms with E-state index in [0.717, 1.165) is 0 Å². The Morgan fingerprint density at radius 1 is 1.29 bits per heavy atom. The molecule has 0 bridgehead atoms. The number of carbonyl (C=O) groups is 1. The highest BCUT2D eigenvalue weighted by atomic mass is 35.7. The Balaban J connectivity index is 2.94. The minimum atomic E-state index is -1.50. The molecule has 0 aliphatic rings. The van der Waals surface area contributed by atoms with E-state index in [1.165, 1.54) is 0 Å². The van der Waals surface area contributed by atoms with E-state index in [4.69, 9.17) is 10.7 Å². The molecule has 2 nitrogen and oxygen atoms in total. The van der Waals surface area contributed by atoms with E-state index in [0.29, 0.717) is 10.5 Å². The lowest BCUT2D eigenvalue weighted by Gasteiger charge is -2.03. The molecule has 1 atom stereocenters. The standard InChI is InChI=1S/C10H11ClO2S/c1-7(2)10(12)8-3-5-9(6-4-8)14(11)13/h3-7H,1-2H3. The number of benzene rings is 1. The summed E-state index contributed by atoms with van der Waals surface area (Å²) in [5.74, 6) is 0.0549. The van der Waals surface area contributed by atoms with Gasteiger partial charge in [-0.15, -0.1) is 0 Å². The number of rotatable bonds is 3. The molecular weight excluding hydrogens is 220 g/mol. The lowest BCUT2D eigenvalue weighted by molar-refractivity contribution is 0.0939. The van der Waals surface area contributed by atoms with Crippen LogP contribution in [0.4, 0.5) is 0 Å². The zero-order chi connectivity index (χ0) is 10.7.